The van der Waals surface area contributed by atoms with Crippen LogP contribution in [0.3, 0.4) is 0 Å². The summed E-state index contributed by atoms with van der Waals surface area (Å²) in [5.41, 5.74) is 7.32. The van der Waals surface area contributed by atoms with Gasteiger partial charge in [-0.25, -0.2) is 0 Å². The molecule has 90 valence electrons. The van der Waals surface area contributed by atoms with E-state index in [2.05, 4.69) is 24.4 Å². The molecule has 0 saturated heterocycles. The summed E-state index contributed by atoms with van der Waals surface area (Å²) in [4.78, 5) is 0. The zero-order valence-corrected chi connectivity index (χ0v) is 9.89. The van der Waals surface area contributed by atoms with Crippen LogP contribution in [0.15, 0.2) is 30.3 Å². The van der Waals surface area contributed by atoms with Crippen LogP contribution in [-0.2, 0) is 0 Å². The summed E-state index contributed by atoms with van der Waals surface area (Å²) < 4.78 is 0. The van der Waals surface area contributed by atoms with Crippen molar-refractivity contribution in [1.29, 1.82) is 0 Å². The van der Waals surface area contributed by atoms with E-state index in [1.807, 2.05) is 18.2 Å². The van der Waals surface area contributed by atoms with Gasteiger partial charge >= 0.3 is 0 Å². The molecule has 1 aromatic rings. The van der Waals surface area contributed by atoms with Crippen molar-refractivity contribution in [3.8, 4) is 0 Å². The van der Waals surface area contributed by atoms with Gasteiger partial charge in [0.2, 0.25) is 0 Å². The van der Waals surface area contributed by atoms with Crippen molar-refractivity contribution in [1.82, 2.24) is 5.32 Å². The van der Waals surface area contributed by atoms with E-state index in [-0.39, 0.29) is 18.7 Å². The highest BCUT2D eigenvalue weighted by Crippen LogP contribution is 2.17. The first-order chi connectivity index (χ1) is 7.79. The van der Waals surface area contributed by atoms with Crippen LogP contribution in [-0.4, -0.2) is 24.3 Å². The molecule has 0 radical (unpaired) electrons. The van der Waals surface area contributed by atoms with Crippen LogP contribution in [0, 0.1) is 0 Å². The van der Waals surface area contributed by atoms with Gasteiger partial charge in [0.1, 0.15) is 0 Å². The van der Waals surface area contributed by atoms with Crippen LogP contribution in [0.1, 0.15) is 31.4 Å². The lowest BCUT2D eigenvalue weighted by Gasteiger charge is -2.24. The lowest BCUT2D eigenvalue weighted by molar-refractivity contribution is 0.280. The van der Waals surface area contributed by atoms with Gasteiger partial charge in [-0.2, -0.15) is 0 Å². The van der Waals surface area contributed by atoms with E-state index in [4.69, 9.17) is 10.8 Å². The maximum Gasteiger partial charge on any atom is 0.0473 e. The summed E-state index contributed by atoms with van der Waals surface area (Å²) in [7, 11) is 0. The fraction of sp³-hybridized carbons (Fsp3) is 0.538. The third-order valence-corrected chi connectivity index (χ3v) is 2.76. The molecule has 16 heavy (non-hydrogen) atoms. The number of aliphatic hydroxyl groups is 1. The zero-order valence-electron chi connectivity index (χ0n) is 9.89. The Morgan fingerprint density at radius 1 is 1.31 bits per heavy atom. The number of hydrogen-bond acceptors (Lipinski definition) is 3. The number of rotatable bonds is 7. The number of nitrogens with one attached hydrogen (secondary N) is 1. The summed E-state index contributed by atoms with van der Waals surface area (Å²) >= 11 is 0. The fourth-order valence-corrected chi connectivity index (χ4v) is 1.75. The van der Waals surface area contributed by atoms with Crippen molar-refractivity contribution >= 4 is 0 Å². The molecule has 4 N–H and O–H groups in total. The van der Waals surface area contributed by atoms with Crippen LogP contribution in [0.5, 0.6) is 0 Å². The lowest BCUT2D eigenvalue weighted by atomic mass is 9.98. The molecule has 0 aliphatic heterocycles. The minimum atomic E-state index is 0.112. The molecule has 0 aromatic heterocycles. The van der Waals surface area contributed by atoms with Crippen molar-refractivity contribution in [2.24, 2.45) is 5.73 Å². The lowest BCUT2D eigenvalue weighted by Crippen LogP contribution is -2.38. The molecule has 2 atom stereocenters. The van der Waals surface area contributed by atoms with Crippen molar-refractivity contribution < 1.29 is 5.11 Å². The molecule has 0 fully saturated rings. The second-order valence-electron chi connectivity index (χ2n) is 3.99. The number of aliphatic hydroxyl groups excluding tert-OH is 1. The van der Waals surface area contributed by atoms with Gasteiger partial charge in [-0.05, 0) is 24.9 Å². The molecule has 1 aromatic carbocycles. The van der Waals surface area contributed by atoms with Gasteiger partial charge in [-0.15, -0.1) is 0 Å². The average Bonchev–Trinajstić information content (AvgIpc) is 2.35. The van der Waals surface area contributed by atoms with E-state index in [1.54, 1.807) is 0 Å². The van der Waals surface area contributed by atoms with E-state index in [0.29, 0.717) is 0 Å². The molecule has 0 saturated carbocycles. The highest BCUT2D eigenvalue weighted by atomic mass is 16.3. The molecule has 0 unspecified atom stereocenters. The first-order valence-electron chi connectivity index (χ1n) is 5.94. The topological polar surface area (TPSA) is 58.3 Å². The molecule has 0 spiro atoms. The van der Waals surface area contributed by atoms with E-state index in [1.165, 1.54) is 5.56 Å². The SMILES string of the molecule is CC[C@H](N)[C@H](NCCCO)c1ccccc1. The summed E-state index contributed by atoms with van der Waals surface area (Å²) in [6.07, 6.45) is 1.70. The first-order valence-corrected chi connectivity index (χ1v) is 5.94. The average molecular weight is 222 g/mol. The quantitative estimate of drug-likeness (QED) is 0.612. The van der Waals surface area contributed by atoms with Crippen molar-refractivity contribution in [3.05, 3.63) is 35.9 Å². The van der Waals surface area contributed by atoms with Gasteiger partial charge in [0.05, 0.1) is 0 Å². The van der Waals surface area contributed by atoms with E-state index < -0.39 is 0 Å². The van der Waals surface area contributed by atoms with Crippen LogP contribution in [0.4, 0.5) is 0 Å². The number of nitrogens with two attached hydrogens (primary N) is 1. The van der Waals surface area contributed by atoms with Crippen LogP contribution in [0.2, 0.25) is 0 Å². The standard InChI is InChI=1S/C13H22N2O/c1-2-12(14)13(15-9-6-10-16)11-7-4-3-5-8-11/h3-5,7-8,12-13,15-16H,2,6,9-10,14H2,1H3/t12-,13+/m0/s1. The van der Waals surface area contributed by atoms with Crippen molar-refractivity contribution in [2.45, 2.75) is 31.8 Å². The fourth-order valence-electron chi connectivity index (χ4n) is 1.75. The summed E-state index contributed by atoms with van der Waals surface area (Å²) in [6.45, 7) is 3.11. The minimum absolute atomic E-state index is 0.112. The highest BCUT2D eigenvalue weighted by molar-refractivity contribution is 5.20. The van der Waals surface area contributed by atoms with E-state index in [0.717, 1.165) is 19.4 Å². The maximum atomic E-state index is 8.77. The Labute approximate surface area is 97.7 Å². The molecule has 0 amide bonds. The van der Waals surface area contributed by atoms with E-state index in [9.17, 15) is 0 Å². The third-order valence-electron chi connectivity index (χ3n) is 2.76. The van der Waals surface area contributed by atoms with Gasteiger partial charge < -0.3 is 16.2 Å². The maximum absolute atomic E-state index is 8.77. The number of hydrogen-bond donors (Lipinski definition) is 3. The molecule has 0 heterocycles. The summed E-state index contributed by atoms with van der Waals surface area (Å²) in [5.74, 6) is 0. The van der Waals surface area contributed by atoms with Crippen LogP contribution >= 0.6 is 0 Å². The number of benzene rings is 1. The third kappa shape index (κ3) is 3.93. The second-order valence-corrected chi connectivity index (χ2v) is 3.99. The summed E-state index contributed by atoms with van der Waals surface area (Å²) in [5, 5.41) is 12.2. The smallest absolute Gasteiger partial charge is 0.0473 e. The van der Waals surface area contributed by atoms with Gasteiger partial charge in [0, 0.05) is 18.7 Å². The Kier molecular flexibility index (Phi) is 6.08. The first kappa shape index (κ1) is 13.2. The largest absolute Gasteiger partial charge is 0.396 e. The zero-order chi connectivity index (χ0) is 11.8. The monoisotopic (exact) mass is 222 g/mol. The van der Waals surface area contributed by atoms with Crippen LogP contribution in [0.25, 0.3) is 0 Å². The van der Waals surface area contributed by atoms with Crippen molar-refractivity contribution in [2.75, 3.05) is 13.2 Å². The predicted molar refractivity (Wildman–Crippen MR) is 67.2 cm³/mol. The molecule has 3 nitrogen and oxygen atoms in total. The molecule has 1 rings (SSSR count). The summed E-state index contributed by atoms with van der Waals surface area (Å²) in [6, 6.07) is 10.5. The van der Waals surface area contributed by atoms with Gasteiger partial charge in [0.25, 0.3) is 0 Å². The Bertz CT molecular complexity index is 277. The van der Waals surface area contributed by atoms with Gasteiger partial charge in [-0.3, -0.25) is 0 Å². The van der Waals surface area contributed by atoms with Crippen LogP contribution < -0.4 is 11.1 Å². The molecular weight excluding hydrogens is 200 g/mol. The minimum Gasteiger partial charge on any atom is -0.396 e. The Balaban J connectivity index is 2.64. The van der Waals surface area contributed by atoms with Crippen molar-refractivity contribution in [3.63, 3.8) is 0 Å². The predicted octanol–water partition coefficient (Wildman–Crippen LogP) is 1.44. The Morgan fingerprint density at radius 3 is 2.56 bits per heavy atom. The Hall–Kier alpha value is -0.900. The second kappa shape index (κ2) is 7.39. The molecule has 0 aliphatic rings. The normalized spacial score (nSPS) is 14.7. The molecule has 0 bridgehead atoms. The Morgan fingerprint density at radius 2 is 2.00 bits per heavy atom. The van der Waals surface area contributed by atoms with Gasteiger partial charge in [-0.1, -0.05) is 37.3 Å². The molecule has 3 heteroatoms. The highest BCUT2D eigenvalue weighted by Gasteiger charge is 2.16. The molecule has 0 aliphatic carbocycles. The van der Waals surface area contributed by atoms with E-state index >= 15 is 0 Å². The molecular formula is C13H22N2O. The van der Waals surface area contributed by atoms with Gasteiger partial charge in [0.15, 0.2) is 0 Å².